The molecule has 0 nitrogen and oxygen atoms in total. The normalized spacial score (nSPS) is 45.5. The van der Waals surface area contributed by atoms with Crippen molar-refractivity contribution >= 4 is 0 Å². The quantitative estimate of drug-likeness (QED) is 0.234. The lowest BCUT2D eigenvalue weighted by Gasteiger charge is -2.63. The van der Waals surface area contributed by atoms with Crippen molar-refractivity contribution in [2.24, 2.45) is 101 Å². The first-order chi connectivity index (χ1) is 26.3. The van der Waals surface area contributed by atoms with Crippen molar-refractivity contribution < 1.29 is 0 Å². The van der Waals surface area contributed by atoms with Crippen molar-refractivity contribution in [3.63, 3.8) is 0 Å². The summed E-state index contributed by atoms with van der Waals surface area (Å²) in [4.78, 5) is 0. The fraction of sp³-hybridized carbons (Fsp3) is 1.00. The second kappa shape index (κ2) is 18.3. The third-order valence-electron chi connectivity index (χ3n) is 20.8. The Morgan fingerprint density at radius 2 is 0.642 bits per heavy atom. The largest absolute Gasteiger partial charge is 0.0620 e. The topological polar surface area (TPSA) is 0 Å². The minimum absolute atomic E-state index is 0.998. The lowest BCUT2D eigenvalue weighted by atomic mass is 9.42. The zero-order valence-corrected chi connectivity index (χ0v) is 35.6. The van der Waals surface area contributed by atoms with Crippen LogP contribution in [0.15, 0.2) is 0 Å². The van der Waals surface area contributed by atoms with E-state index in [-0.39, 0.29) is 0 Å². The first kappa shape index (κ1) is 38.5. The van der Waals surface area contributed by atoms with Crippen LogP contribution >= 0.6 is 0 Å². The Hall–Kier alpha value is 0. The molecule has 0 aromatic heterocycles. The van der Waals surface area contributed by atoms with E-state index in [9.17, 15) is 0 Å². The van der Waals surface area contributed by atoms with E-state index >= 15 is 0 Å². The lowest BCUT2D eigenvalue weighted by molar-refractivity contribution is -0.147. The van der Waals surface area contributed by atoms with Gasteiger partial charge < -0.3 is 0 Å². The predicted molar refractivity (Wildman–Crippen MR) is 227 cm³/mol. The standard InChI is InChI=1S/C53H90/c1-37(41-27-11-13-29-43(41)38-21-5-2-6-22-38)42-28-12-15-31-45(42)51(40-25-9-4-10-26-40)53-49-35-19-17-33-47(49)52(48-34-18-20-36-50(48)53)46-32-16-14-30-44(46)39-23-7-3-8-24-39/h37-53H,2-36H2,1H3/t37?,41-,42?,43?,44+,45?,46?,47-,48?,49?,50-,51+,52?,53?/m1/s1. The van der Waals surface area contributed by atoms with Crippen LogP contribution in [0.3, 0.4) is 0 Å². The van der Waals surface area contributed by atoms with Crippen molar-refractivity contribution in [1.29, 1.82) is 0 Å². The van der Waals surface area contributed by atoms with Crippen molar-refractivity contribution in [2.45, 2.75) is 232 Å². The molecule has 9 unspecified atom stereocenters. The van der Waals surface area contributed by atoms with Crippen molar-refractivity contribution in [3.8, 4) is 0 Å². The van der Waals surface area contributed by atoms with Gasteiger partial charge in [0.15, 0.2) is 0 Å². The van der Waals surface area contributed by atoms with E-state index in [1.165, 1.54) is 6.42 Å². The molecule has 9 aliphatic rings. The highest BCUT2D eigenvalue weighted by molar-refractivity contribution is 5.07. The molecule has 9 rings (SSSR count). The fourth-order valence-electron chi connectivity index (χ4n) is 19.0. The lowest BCUT2D eigenvalue weighted by Crippen LogP contribution is -2.57. The van der Waals surface area contributed by atoms with Gasteiger partial charge in [-0.05, 0) is 165 Å². The van der Waals surface area contributed by atoms with Crippen molar-refractivity contribution in [3.05, 3.63) is 0 Å². The van der Waals surface area contributed by atoms with E-state index in [2.05, 4.69) is 6.92 Å². The molecule has 0 radical (unpaired) electrons. The van der Waals surface area contributed by atoms with E-state index in [0.717, 1.165) is 101 Å². The van der Waals surface area contributed by atoms with Gasteiger partial charge in [0.2, 0.25) is 0 Å². The zero-order chi connectivity index (χ0) is 35.6. The van der Waals surface area contributed by atoms with E-state index in [1.807, 2.05) is 0 Å². The van der Waals surface area contributed by atoms with Gasteiger partial charge >= 0.3 is 0 Å². The average molecular weight is 727 g/mol. The summed E-state index contributed by atoms with van der Waals surface area (Å²) in [7, 11) is 0. The molecule has 0 saturated heterocycles. The summed E-state index contributed by atoms with van der Waals surface area (Å²) in [5.74, 6) is 18.6. The molecular formula is C53H90. The number of hydrogen-bond donors (Lipinski definition) is 0. The Labute approximate surface area is 331 Å². The highest BCUT2D eigenvalue weighted by atomic mass is 14.6. The third kappa shape index (κ3) is 8.06. The molecule has 0 bridgehead atoms. The smallest absolute Gasteiger partial charge is 0.0318 e. The molecule has 302 valence electrons. The second-order valence-electron chi connectivity index (χ2n) is 22.8. The molecule has 0 heterocycles. The molecule has 0 amide bonds. The van der Waals surface area contributed by atoms with E-state index in [1.54, 1.807) is 218 Å². The van der Waals surface area contributed by atoms with E-state index in [0.29, 0.717) is 0 Å². The van der Waals surface area contributed by atoms with Gasteiger partial charge in [-0.1, -0.05) is 167 Å². The Bertz CT molecular complexity index is 1060. The van der Waals surface area contributed by atoms with E-state index in [4.69, 9.17) is 0 Å². The summed E-state index contributed by atoms with van der Waals surface area (Å²) < 4.78 is 0. The summed E-state index contributed by atoms with van der Waals surface area (Å²) in [5.41, 5.74) is 0. The Morgan fingerprint density at radius 1 is 0.283 bits per heavy atom. The van der Waals surface area contributed by atoms with Crippen LogP contribution in [0.25, 0.3) is 0 Å². The molecule has 53 heavy (non-hydrogen) atoms. The summed E-state index contributed by atoms with van der Waals surface area (Å²) >= 11 is 0. The SMILES string of the molecule is CC(C1CCCCC1[C@H](C1CCCCC1)C1C2CCCC[C@H]2C(C2CCCC[C@H]2C2CCCCC2)C2CCCC[C@H]21)[C@H]1CCCCC1C1CCCCC1. The summed E-state index contributed by atoms with van der Waals surface area (Å²) in [6.45, 7) is 2.91. The molecule has 0 aliphatic heterocycles. The maximum Gasteiger partial charge on any atom is -0.0318 e. The number of fused-ring (bicyclic) bond motifs is 2. The van der Waals surface area contributed by atoms with Crippen molar-refractivity contribution in [1.82, 2.24) is 0 Å². The molecule has 9 saturated carbocycles. The highest BCUT2D eigenvalue weighted by Crippen LogP contribution is 2.66. The van der Waals surface area contributed by atoms with Crippen LogP contribution in [0.2, 0.25) is 0 Å². The third-order valence-corrected chi connectivity index (χ3v) is 20.8. The summed E-state index contributed by atoms with van der Waals surface area (Å²) in [6, 6.07) is 0. The molecule has 9 aliphatic carbocycles. The van der Waals surface area contributed by atoms with Gasteiger partial charge in [0, 0.05) is 0 Å². The maximum absolute atomic E-state index is 2.91. The maximum atomic E-state index is 2.91. The summed E-state index contributed by atoms with van der Waals surface area (Å²) in [6.07, 6.45) is 55.7. The summed E-state index contributed by atoms with van der Waals surface area (Å²) in [5, 5.41) is 0. The molecule has 0 spiro atoms. The zero-order valence-electron chi connectivity index (χ0n) is 35.6. The first-order valence-corrected chi connectivity index (χ1v) is 26.3. The van der Waals surface area contributed by atoms with Gasteiger partial charge in [-0.2, -0.15) is 0 Å². The van der Waals surface area contributed by atoms with Gasteiger partial charge in [-0.25, -0.2) is 0 Å². The van der Waals surface area contributed by atoms with Crippen LogP contribution in [0.5, 0.6) is 0 Å². The average Bonchev–Trinajstić information content (AvgIpc) is 3.24. The van der Waals surface area contributed by atoms with Crippen LogP contribution in [-0.4, -0.2) is 0 Å². The molecule has 0 N–H and O–H groups in total. The van der Waals surface area contributed by atoms with Gasteiger partial charge in [-0.15, -0.1) is 0 Å². The second-order valence-corrected chi connectivity index (χ2v) is 22.8. The minimum atomic E-state index is 0.998. The highest BCUT2D eigenvalue weighted by Gasteiger charge is 2.59. The molecule has 9 fully saturated rings. The minimum Gasteiger partial charge on any atom is -0.0620 e. The Balaban J connectivity index is 1.06. The van der Waals surface area contributed by atoms with Crippen LogP contribution in [0, 0.1) is 101 Å². The Kier molecular flexibility index (Phi) is 13.3. The molecule has 0 aromatic carbocycles. The van der Waals surface area contributed by atoms with Crippen LogP contribution in [0.4, 0.5) is 0 Å². The number of rotatable bonds is 8. The fourth-order valence-corrected chi connectivity index (χ4v) is 19.0. The van der Waals surface area contributed by atoms with Crippen molar-refractivity contribution in [2.75, 3.05) is 0 Å². The Morgan fingerprint density at radius 3 is 1.19 bits per heavy atom. The van der Waals surface area contributed by atoms with Gasteiger partial charge in [-0.3, -0.25) is 0 Å². The van der Waals surface area contributed by atoms with Crippen LogP contribution in [-0.2, 0) is 0 Å². The van der Waals surface area contributed by atoms with Gasteiger partial charge in [0.1, 0.15) is 0 Å². The predicted octanol–water partition coefficient (Wildman–Crippen LogP) is 16.3. The van der Waals surface area contributed by atoms with Gasteiger partial charge in [0.05, 0.1) is 0 Å². The van der Waals surface area contributed by atoms with Crippen LogP contribution in [0.1, 0.15) is 232 Å². The van der Waals surface area contributed by atoms with E-state index < -0.39 is 0 Å². The molecule has 0 aromatic rings. The molecule has 0 heteroatoms. The number of hydrogen-bond acceptors (Lipinski definition) is 0. The monoisotopic (exact) mass is 727 g/mol. The molecule has 14 atom stereocenters. The molecular weight excluding hydrogens is 637 g/mol. The van der Waals surface area contributed by atoms with Gasteiger partial charge in [0.25, 0.3) is 0 Å². The van der Waals surface area contributed by atoms with Crippen LogP contribution < -0.4 is 0 Å². The first-order valence-electron chi connectivity index (χ1n) is 26.3.